The normalized spacial score (nSPS) is 11.2. The van der Waals surface area contributed by atoms with Crippen LogP contribution in [0.4, 0.5) is 0 Å². The smallest absolute Gasteiger partial charge is 0.137 e. The zero-order valence-electron chi connectivity index (χ0n) is 31.1. The van der Waals surface area contributed by atoms with Gasteiger partial charge < -0.3 is 0 Å². The summed E-state index contributed by atoms with van der Waals surface area (Å²) in [7, 11) is 0. The van der Waals surface area contributed by atoms with E-state index in [1.54, 1.807) is 0 Å². The zero-order chi connectivity index (χ0) is 38.0. The van der Waals surface area contributed by atoms with Gasteiger partial charge in [0.05, 0.1) is 34.2 Å². The van der Waals surface area contributed by atoms with Gasteiger partial charge in [0.15, 0.2) is 0 Å². The van der Waals surface area contributed by atoms with E-state index in [1.165, 1.54) is 0 Å². The Bertz CT molecular complexity index is 2840. The Hall–Kier alpha value is -7.69. The van der Waals surface area contributed by atoms with Crippen molar-refractivity contribution in [2.75, 3.05) is 0 Å². The molecule has 0 aliphatic heterocycles. The summed E-state index contributed by atoms with van der Waals surface area (Å²) in [5.41, 5.74) is 17.6. The fraction of sp³-hybridized carbons (Fsp3) is 0. The molecule has 10 aromatic rings. The van der Waals surface area contributed by atoms with Crippen LogP contribution in [0.1, 0.15) is 0 Å². The predicted octanol–water partition coefficient (Wildman–Crippen LogP) is 13.5. The SMILES string of the molecule is c1ccc(-c2cc(-c3ccccc3)nc(-c3ccc(-c4nc5ccccn5c4-c4ccc(-c5cc(-c6ccccc6)cc(-c6ccccc6)n5)cc4)cc3)c2)cc1. The van der Waals surface area contributed by atoms with Crippen LogP contribution in [0.25, 0.3) is 95.4 Å². The fourth-order valence-corrected chi connectivity index (χ4v) is 7.54. The van der Waals surface area contributed by atoms with E-state index >= 15 is 0 Å². The molecule has 0 spiro atoms. The molecule has 0 amide bonds. The van der Waals surface area contributed by atoms with Crippen LogP contribution in [-0.2, 0) is 0 Å². The minimum Gasteiger partial charge on any atom is -0.299 e. The van der Waals surface area contributed by atoms with Crippen molar-refractivity contribution < 1.29 is 0 Å². The van der Waals surface area contributed by atoms with Gasteiger partial charge in [0.2, 0.25) is 0 Å². The summed E-state index contributed by atoms with van der Waals surface area (Å²) in [5, 5.41) is 0. The van der Waals surface area contributed by atoms with Crippen LogP contribution >= 0.6 is 0 Å². The summed E-state index contributed by atoms with van der Waals surface area (Å²) in [6, 6.07) is 74.0. The van der Waals surface area contributed by atoms with Crippen LogP contribution in [0.2, 0.25) is 0 Å². The molecule has 0 unspecified atom stereocenters. The molecule has 4 nitrogen and oxygen atoms in total. The Balaban J connectivity index is 1.03. The quantitative estimate of drug-likeness (QED) is 0.156. The number of rotatable bonds is 8. The molecule has 0 bridgehead atoms. The maximum atomic E-state index is 5.18. The first kappa shape index (κ1) is 33.8. The van der Waals surface area contributed by atoms with Gasteiger partial charge in [0, 0.05) is 39.6 Å². The van der Waals surface area contributed by atoms with Crippen molar-refractivity contribution in [3.63, 3.8) is 0 Å². The summed E-state index contributed by atoms with van der Waals surface area (Å²) < 4.78 is 2.18. The molecule has 0 N–H and O–H groups in total. The third-order valence-corrected chi connectivity index (χ3v) is 10.4. The highest BCUT2D eigenvalue weighted by Crippen LogP contribution is 2.37. The first-order chi connectivity index (χ1) is 28.2. The molecule has 0 atom stereocenters. The summed E-state index contributed by atoms with van der Waals surface area (Å²) in [5.74, 6) is 0. The van der Waals surface area contributed by atoms with Crippen LogP contribution in [0.5, 0.6) is 0 Å². The summed E-state index contributed by atoms with van der Waals surface area (Å²) >= 11 is 0. The lowest BCUT2D eigenvalue weighted by molar-refractivity contribution is 1.19. The molecule has 4 aromatic heterocycles. The number of pyridine rings is 3. The Kier molecular flexibility index (Phi) is 8.82. The topological polar surface area (TPSA) is 43.1 Å². The number of benzene rings is 6. The van der Waals surface area contributed by atoms with E-state index in [1.807, 2.05) is 24.3 Å². The number of nitrogens with zero attached hydrogens (tertiary/aromatic N) is 4. The molecule has 0 aliphatic carbocycles. The number of aromatic nitrogens is 4. The third-order valence-electron chi connectivity index (χ3n) is 10.4. The van der Waals surface area contributed by atoms with E-state index in [4.69, 9.17) is 15.0 Å². The second-order valence-electron chi connectivity index (χ2n) is 14.1. The van der Waals surface area contributed by atoms with E-state index in [0.717, 1.165) is 95.4 Å². The Morgan fingerprint density at radius 3 is 1.05 bits per heavy atom. The van der Waals surface area contributed by atoms with E-state index in [0.29, 0.717) is 0 Å². The third kappa shape index (κ3) is 6.81. The Labute approximate surface area is 332 Å². The van der Waals surface area contributed by atoms with Gasteiger partial charge in [-0.05, 0) is 58.7 Å². The van der Waals surface area contributed by atoms with Crippen molar-refractivity contribution in [1.82, 2.24) is 19.4 Å². The van der Waals surface area contributed by atoms with Crippen molar-refractivity contribution in [2.24, 2.45) is 0 Å². The van der Waals surface area contributed by atoms with Crippen molar-refractivity contribution in [3.05, 3.63) is 219 Å². The predicted molar refractivity (Wildman–Crippen MR) is 234 cm³/mol. The van der Waals surface area contributed by atoms with Crippen LogP contribution in [0.3, 0.4) is 0 Å². The largest absolute Gasteiger partial charge is 0.299 e. The lowest BCUT2D eigenvalue weighted by Gasteiger charge is -2.12. The van der Waals surface area contributed by atoms with Crippen molar-refractivity contribution >= 4 is 5.65 Å². The average Bonchev–Trinajstić information content (AvgIpc) is 3.70. The van der Waals surface area contributed by atoms with Crippen LogP contribution in [0, 0.1) is 0 Å². The molecule has 0 saturated carbocycles. The van der Waals surface area contributed by atoms with Gasteiger partial charge in [-0.15, -0.1) is 0 Å². The van der Waals surface area contributed by atoms with Gasteiger partial charge in [-0.2, -0.15) is 0 Å². The molecule has 4 heteroatoms. The standard InChI is InChI=1S/C53H36N4/c1-5-15-37(16-6-1)45-33-47(39-19-9-3-10-20-39)54-49(35-45)41-24-28-43(29-25-41)52-53(57-32-14-13-23-51(57)56-52)44-30-26-42(27-31-44)50-36-46(38-17-7-2-8-18-38)34-48(55-50)40-21-11-4-12-22-40/h1-36H. The van der Waals surface area contributed by atoms with Crippen LogP contribution in [0.15, 0.2) is 219 Å². The molecular formula is C53H36N4. The molecule has 0 fully saturated rings. The molecule has 57 heavy (non-hydrogen) atoms. The molecule has 268 valence electrons. The summed E-state index contributed by atoms with van der Waals surface area (Å²) in [4.78, 5) is 15.5. The Morgan fingerprint density at radius 1 is 0.263 bits per heavy atom. The van der Waals surface area contributed by atoms with Gasteiger partial charge in [-0.25, -0.2) is 15.0 Å². The molecule has 0 radical (unpaired) electrons. The summed E-state index contributed by atoms with van der Waals surface area (Å²) in [6.07, 6.45) is 2.09. The minimum absolute atomic E-state index is 0.894. The molecule has 6 aromatic carbocycles. The van der Waals surface area contributed by atoms with Crippen molar-refractivity contribution in [2.45, 2.75) is 0 Å². The van der Waals surface area contributed by atoms with E-state index in [-0.39, 0.29) is 0 Å². The Morgan fingerprint density at radius 2 is 0.614 bits per heavy atom. The van der Waals surface area contributed by atoms with Crippen molar-refractivity contribution in [3.8, 4) is 89.8 Å². The number of imidazole rings is 1. The number of hydrogen-bond acceptors (Lipinski definition) is 3. The maximum Gasteiger partial charge on any atom is 0.137 e. The van der Waals surface area contributed by atoms with Gasteiger partial charge in [0.25, 0.3) is 0 Å². The van der Waals surface area contributed by atoms with E-state index < -0.39 is 0 Å². The van der Waals surface area contributed by atoms with Gasteiger partial charge >= 0.3 is 0 Å². The zero-order valence-corrected chi connectivity index (χ0v) is 31.1. The lowest BCUT2D eigenvalue weighted by atomic mass is 9.98. The first-order valence-corrected chi connectivity index (χ1v) is 19.2. The average molecular weight is 729 g/mol. The highest BCUT2D eigenvalue weighted by Gasteiger charge is 2.18. The van der Waals surface area contributed by atoms with Crippen LogP contribution in [-0.4, -0.2) is 19.4 Å². The van der Waals surface area contributed by atoms with E-state index in [9.17, 15) is 0 Å². The second kappa shape index (κ2) is 14.9. The van der Waals surface area contributed by atoms with Gasteiger partial charge in [-0.3, -0.25) is 4.40 Å². The highest BCUT2D eigenvalue weighted by atomic mass is 15.0. The molecule has 10 rings (SSSR count). The first-order valence-electron chi connectivity index (χ1n) is 19.2. The van der Waals surface area contributed by atoms with Gasteiger partial charge in [-0.1, -0.05) is 176 Å². The monoisotopic (exact) mass is 728 g/mol. The highest BCUT2D eigenvalue weighted by molar-refractivity contribution is 5.85. The molecule has 0 saturated heterocycles. The number of hydrogen-bond donors (Lipinski definition) is 0. The van der Waals surface area contributed by atoms with Crippen molar-refractivity contribution in [1.29, 1.82) is 0 Å². The minimum atomic E-state index is 0.894. The molecule has 0 aliphatic rings. The fourth-order valence-electron chi connectivity index (χ4n) is 7.54. The van der Waals surface area contributed by atoms with Crippen LogP contribution < -0.4 is 0 Å². The summed E-state index contributed by atoms with van der Waals surface area (Å²) in [6.45, 7) is 0. The number of fused-ring (bicyclic) bond motifs is 1. The molecule has 4 heterocycles. The van der Waals surface area contributed by atoms with E-state index in [2.05, 4.69) is 199 Å². The maximum absolute atomic E-state index is 5.18. The molecular weight excluding hydrogens is 693 g/mol. The lowest BCUT2D eigenvalue weighted by Crippen LogP contribution is -1.93. The van der Waals surface area contributed by atoms with Gasteiger partial charge in [0.1, 0.15) is 5.65 Å². The second-order valence-corrected chi connectivity index (χ2v) is 14.1.